The van der Waals surface area contributed by atoms with Crippen molar-refractivity contribution in [3.8, 4) is 5.75 Å². The normalized spacial score (nSPS) is 33.8. The van der Waals surface area contributed by atoms with Gasteiger partial charge in [-0.15, -0.1) is 0 Å². The first-order valence-electron chi connectivity index (χ1n) is 7.95. The van der Waals surface area contributed by atoms with Crippen LogP contribution in [0.1, 0.15) is 19.4 Å². The van der Waals surface area contributed by atoms with E-state index in [0.29, 0.717) is 0 Å². The fraction of sp³-hybridized carbons (Fsp3) is 0.647. The molecule has 0 aliphatic carbocycles. The maximum atomic E-state index is 6.12. The van der Waals surface area contributed by atoms with Crippen molar-refractivity contribution >= 4 is 11.6 Å². The highest BCUT2D eigenvalue weighted by atomic mass is 35.5. The van der Waals surface area contributed by atoms with Crippen LogP contribution < -0.4 is 10.1 Å². The minimum atomic E-state index is 0.268. The van der Waals surface area contributed by atoms with Gasteiger partial charge in [0, 0.05) is 36.6 Å². The summed E-state index contributed by atoms with van der Waals surface area (Å²) in [4.78, 5) is 2.64. The van der Waals surface area contributed by atoms with Gasteiger partial charge in [-0.1, -0.05) is 11.6 Å². The van der Waals surface area contributed by atoms with Crippen LogP contribution in [0.4, 0.5) is 0 Å². The molecule has 114 valence electrons. The molecule has 0 amide bonds. The Kier molecular flexibility index (Phi) is 3.21. The number of nitrogens with one attached hydrogen (secondary N) is 1. The molecule has 0 radical (unpaired) electrons. The van der Waals surface area contributed by atoms with Crippen molar-refractivity contribution in [2.24, 2.45) is 11.8 Å². The van der Waals surface area contributed by atoms with E-state index in [1.807, 2.05) is 18.2 Å². The lowest BCUT2D eigenvalue weighted by Crippen LogP contribution is -2.48. The van der Waals surface area contributed by atoms with E-state index in [0.717, 1.165) is 42.1 Å². The molecule has 1 N–H and O–H groups in total. The van der Waals surface area contributed by atoms with Gasteiger partial charge in [-0.25, -0.2) is 0 Å². The van der Waals surface area contributed by atoms with E-state index in [-0.39, 0.29) is 11.6 Å². The summed E-state index contributed by atoms with van der Waals surface area (Å²) in [5.74, 6) is 2.59. The van der Waals surface area contributed by atoms with E-state index in [9.17, 15) is 0 Å². The Labute approximate surface area is 131 Å². The first kappa shape index (κ1) is 13.9. The average molecular weight is 307 g/mol. The van der Waals surface area contributed by atoms with Gasteiger partial charge in [-0.05, 0) is 56.0 Å². The molecule has 1 aromatic rings. The Morgan fingerprint density at radius 1 is 1.38 bits per heavy atom. The molecule has 0 spiro atoms. The molecule has 0 aromatic heterocycles. The summed E-state index contributed by atoms with van der Waals surface area (Å²) in [5.41, 5.74) is 1.52. The lowest BCUT2D eigenvalue weighted by molar-refractivity contribution is 0.0859. The van der Waals surface area contributed by atoms with Crippen molar-refractivity contribution in [2.75, 3.05) is 26.2 Å². The van der Waals surface area contributed by atoms with Gasteiger partial charge in [0.25, 0.3) is 0 Å². The van der Waals surface area contributed by atoms with E-state index >= 15 is 0 Å². The summed E-state index contributed by atoms with van der Waals surface area (Å²) in [6, 6.07) is 5.97. The van der Waals surface area contributed by atoms with Crippen molar-refractivity contribution < 1.29 is 4.74 Å². The van der Waals surface area contributed by atoms with Crippen LogP contribution in [-0.4, -0.2) is 42.7 Å². The summed E-state index contributed by atoms with van der Waals surface area (Å²) in [6.07, 6.45) is 1.25. The number of likely N-dealkylation sites (tertiary alicyclic amines) is 1. The van der Waals surface area contributed by atoms with Crippen LogP contribution in [0.15, 0.2) is 18.2 Å². The standard InChI is InChI=1S/C17H23ClN2O/c1-17(2)15-8-19-7-12(15)9-20(17)10-14-6-11-5-13(18)3-4-16(11)21-14/h3-5,12,14-15,19H,6-10H2,1-2H3. The number of fused-ring (bicyclic) bond motifs is 2. The third kappa shape index (κ3) is 2.26. The zero-order chi connectivity index (χ0) is 14.6. The molecular weight excluding hydrogens is 284 g/mol. The van der Waals surface area contributed by atoms with Crippen LogP contribution in [0.5, 0.6) is 5.75 Å². The van der Waals surface area contributed by atoms with Gasteiger partial charge < -0.3 is 10.1 Å². The maximum Gasteiger partial charge on any atom is 0.123 e. The molecule has 2 fully saturated rings. The molecular formula is C17H23ClN2O. The number of nitrogens with zero attached hydrogens (tertiary/aromatic N) is 1. The fourth-order valence-corrected chi connectivity index (χ4v) is 4.65. The summed E-state index contributed by atoms with van der Waals surface area (Å²) >= 11 is 6.08. The van der Waals surface area contributed by atoms with Gasteiger partial charge in [0.05, 0.1) is 0 Å². The summed E-state index contributed by atoms with van der Waals surface area (Å²) in [6.45, 7) is 9.34. The largest absolute Gasteiger partial charge is 0.488 e. The molecule has 3 aliphatic rings. The highest BCUT2D eigenvalue weighted by Gasteiger charge is 2.50. The SMILES string of the molecule is CC1(C)C2CNCC2CN1CC1Cc2cc(Cl)ccc2O1. The Balaban J connectivity index is 1.46. The molecule has 3 atom stereocenters. The Morgan fingerprint density at radius 2 is 2.24 bits per heavy atom. The zero-order valence-corrected chi connectivity index (χ0v) is 13.5. The van der Waals surface area contributed by atoms with Gasteiger partial charge in [0.1, 0.15) is 11.9 Å². The molecule has 4 heteroatoms. The third-order valence-corrected chi connectivity index (χ3v) is 5.94. The molecule has 0 bridgehead atoms. The summed E-state index contributed by atoms with van der Waals surface area (Å²) < 4.78 is 6.12. The second-order valence-electron chi connectivity index (χ2n) is 7.28. The molecule has 4 rings (SSSR count). The lowest BCUT2D eigenvalue weighted by atomic mass is 9.85. The van der Waals surface area contributed by atoms with E-state index in [1.54, 1.807) is 0 Å². The van der Waals surface area contributed by atoms with E-state index < -0.39 is 0 Å². The Morgan fingerprint density at radius 3 is 3.05 bits per heavy atom. The average Bonchev–Trinajstić information content (AvgIpc) is 3.07. The van der Waals surface area contributed by atoms with Gasteiger partial charge >= 0.3 is 0 Å². The van der Waals surface area contributed by atoms with Crippen molar-refractivity contribution in [1.29, 1.82) is 0 Å². The molecule has 3 unspecified atom stereocenters. The molecule has 3 aliphatic heterocycles. The molecule has 3 nitrogen and oxygen atoms in total. The maximum absolute atomic E-state index is 6.12. The predicted octanol–water partition coefficient (Wildman–Crippen LogP) is 2.57. The van der Waals surface area contributed by atoms with Crippen LogP contribution in [0.2, 0.25) is 5.02 Å². The molecule has 3 heterocycles. The van der Waals surface area contributed by atoms with Crippen LogP contribution in [0.25, 0.3) is 0 Å². The molecule has 2 saturated heterocycles. The van der Waals surface area contributed by atoms with E-state index in [1.165, 1.54) is 18.7 Å². The van der Waals surface area contributed by atoms with Crippen molar-refractivity contribution in [2.45, 2.75) is 31.9 Å². The number of hydrogen-bond acceptors (Lipinski definition) is 3. The van der Waals surface area contributed by atoms with Crippen LogP contribution in [0, 0.1) is 11.8 Å². The fourth-order valence-electron chi connectivity index (χ4n) is 4.45. The van der Waals surface area contributed by atoms with Crippen molar-refractivity contribution in [3.63, 3.8) is 0 Å². The molecule has 21 heavy (non-hydrogen) atoms. The first-order valence-corrected chi connectivity index (χ1v) is 8.32. The Bertz CT molecular complexity index is 560. The molecule has 0 saturated carbocycles. The van der Waals surface area contributed by atoms with E-state index in [4.69, 9.17) is 16.3 Å². The Hall–Kier alpha value is -0.770. The van der Waals surface area contributed by atoms with Crippen LogP contribution in [0.3, 0.4) is 0 Å². The van der Waals surface area contributed by atoms with Gasteiger partial charge in [0.2, 0.25) is 0 Å². The highest BCUT2D eigenvalue weighted by Crippen LogP contribution is 2.41. The topological polar surface area (TPSA) is 24.5 Å². The van der Waals surface area contributed by atoms with Gasteiger partial charge in [0.15, 0.2) is 0 Å². The zero-order valence-electron chi connectivity index (χ0n) is 12.7. The first-order chi connectivity index (χ1) is 10.0. The van der Waals surface area contributed by atoms with Crippen molar-refractivity contribution in [3.05, 3.63) is 28.8 Å². The van der Waals surface area contributed by atoms with Crippen molar-refractivity contribution in [1.82, 2.24) is 10.2 Å². The minimum Gasteiger partial charge on any atom is -0.488 e. The van der Waals surface area contributed by atoms with E-state index in [2.05, 4.69) is 24.1 Å². The smallest absolute Gasteiger partial charge is 0.123 e. The lowest BCUT2D eigenvalue weighted by Gasteiger charge is -2.36. The predicted molar refractivity (Wildman–Crippen MR) is 85.1 cm³/mol. The highest BCUT2D eigenvalue weighted by molar-refractivity contribution is 6.30. The minimum absolute atomic E-state index is 0.268. The summed E-state index contributed by atoms with van der Waals surface area (Å²) in [5, 5.41) is 4.35. The molecule has 1 aromatic carbocycles. The van der Waals surface area contributed by atoms with Crippen LogP contribution >= 0.6 is 11.6 Å². The number of ether oxygens (including phenoxy) is 1. The quantitative estimate of drug-likeness (QED) is 0.909. The van der Waals surface area contributed by atoms with Gasteiger partial charge in [-0.2, -0.15) is 0 Å². The third-order valence-electron chi connectivity index (χ3n) is 5.70. The van der Waals surface area contributed by atoms with Crippen LogP contribution in [-0.2, 0) is 6.42 Å². The number of halogens is 1. The van der Waals surface area contributed by atoms with Gasteiger partial charge in [-0.3, -0.25) is 4.90 Å². The second-order valence-corrected chi connectivity index (χ2v) is 7.72. The number of hydrogen-bond donors (Lipinski definition) is 1. The second kappa shape index (κ2) is 4.87. The number of benzene rings is 1. The number of rotatable bonds is 2. The summed E-state index contributed by atoms with van der Waals surface area (Å²) in [7, 11) is 0. The monoisotopic (exact) mass is 306 g/mol.